The van der Waals surface area contributed by atoms with Crippen molar-refractivity contribution in [3.8, 4) is 0 Å². The molecule has 0 spiro atoms. The fourth-order valence-corrected chi connectivity index (χ4v) is 3.09. The van der Waals surface area contributed by atoms with Crippen molar-refractivity contribution >= 4 is 33.3 Å². The maximum Gasteiger partial charge on any atom is 0.227 e. The summed E-state index contributed by atoms with van der Waals surface area (Å²) in [6, 6.07) is 13.4. The van der Waals surface area contributed by atoms with Gasteiger partial charge in [0, 0.05) is 22.9 Å². The smallest absolute Gasteiger partial charge is 0.227 e. The van der Waals surface area contributed by atoms with Crippen LogP contribution in [-0.2, 0) is 11.3 Å². The third kappa shape index (κ3) is 2.83. The van der Waals surface area contributed by atoms with Gasteiger partial charge in [0.15, 0.2) is 5.78 Å². The summed E-state index contributed by atoms with van der Waals surface area (Å²) in [7, 11) is 0. The minimum absolute atomic E-state index is 0.00463. The number of halogens is 1. The Morgan fingerprint density at radius 2 is 1.86 bits per heavy atom. The lowest BCUT2D eigenvalue weighted by Gasteiger charge is -2.23. The van der Waals surface area contributed by atoms with E-state index in [0.29, 0.717) is 17.8 Å². The van der Waals surface area contributed by atoms with Crippen LogP contribution in [0, 0.1) is 6.92 Å². The molecule has 1 aliphatic rings. The predicted octanol–water partition coefficient (Wildman–Crippen LogP) is 4.27. The molecule has 0 aromatic heterocycles. The Hall–Kier alpha value is -1.94. The fourth-order valence-electron chi connectivity index (χ4n) is 2.66. The SMILES string of the molecule is Cc1ccc(CN2C(=O)CCC(=O)c3ccccc32)cc1Br. The summed E-state index contributed by atoms with van der Waals surface area (Å²) < 4.78 is 1.02. The second-order valence-electron chi connectivity index (χ2n) is 5.50. The van der Waals surface area contributed by atoms with Crippen LogP contribution in [0.5, 0.6) is 0 Å². The average Bonchev–Trinajstić information content (AvgIpc) is 2.63. The number of rotatable bonds is 2. The maximum absolute atomic E-state index is 12.4. The molecule has 0 N–H and O–H groups in total. The molecule has 0 bridgehead atoms. The highest BCUT2D eigenvalue weighted by molar-refractivity contribution is 9.10. The second-order valence-corrected chi connectivity index (χ2v) is 6.36. The van der Waals surface area contributed by atoms with Crippen LogP contribution in [0.25, 0.3) is 0 Å². The number of amides is 1. The lowest BCUT2D eigenvalue weighted by Crippen LogP contribution is -2.29. The molecular weight excluding hydrogens is 342 g/mol. The van der Waals surface area contributed by atoms with E-state index in [1.54, 1.807) is 11.0 Å². The number of anilines is 1. The molecule has 22 heavy (non-hydrogen) atoms. The zero-order valence-electron chi connectivity index (χ0n) is 12.3. The Kier molecular flexibility index (Phi) is 4.12. The van der Waals surface area contributed by atoms with Crippen LogP contribution in [0.1, 0.15) is 34.3 Å². The molecule has 0 atom stereocenters. The largest absolute Gasteiger partial charge is 0.307 e. The van der Waals surface area contributed by atoms with E-state index in [-0.39, 0.29) is 24.5 Å². The van der Waals surface area contributed by atoms with E-state index < -0.39 is 0 Å². The van der Waals surface area contributed by atoms with Gasteiger partial charge in [0.25, 0.3) is 0 Å². The highest BCUT2D eigenvalue weighted by atomic mass is 79.9. The molecule has 2 aromatic carbocycles. The van der Waals surface area contributed by atoms with Gasteiger partial charge >= 0.3 is 0 Å². The van der Waals surface area contributed by atoms with E-state index in [2.05, 4.69) is 15.9 Å². The van der Waals surface area contributed by atoms with Crippen molar-refractivity contribution in [3.63, 3.8) is 0 Å². The summed E-state index contributed by atoms with van der Waals surface area (Å²) in [4.78, 5) is 26.3. The van der Waals surface area contributed by atoms with Crippen molar-refractivity contribution in [2.45, 2.75) is 26.3 Å². The highest BCUT2D eigenvalue weighted by Gasteiger charge is 2.26. The van der Waals surface area contributed by atoms with Gasteiger partial charge in [-0.25, -0.2) is 0 Å². The zero-order valence-corrected chi connectivity index (χ0v) is 13.9. The van der Waals surface area contributed by atoms with Gasteiger partial charge in [-0.1, -0.05) is 40.2 Å². The van der Waals surface area contributed by atoms with E-state index >= 15 is 0 Å². The molecule has 0 unspecified atom stereocenters. The van der Waals surface area contributed by atoms with Gasteiger partial charge in [0.2, 0.25) is 5.91 Å². The summed E-state index contributed by atoms with van der Waals surface area (Å²) in [5.74, 6) is 0.0338. The van der Waals surface area contributed by atoms with Crippen molar-refractivity contribution in [1.82, 2.24) is 0 Å². The molecule has 1 heterocycles. The zero-order chi connectivity index (χ0) is 15.7. The van der Waals surface area contributed by atoms with Gasteiger partial charge in [-0.15, -0.1) is 0 Å². The van der Waals surface area contributed by atoms with Crippen molar-refractivity contribution in [1.29, 1.82) is 0 Å². The first-order chi connectivity index (χ1) is 10.6. The topological polar surface area (TPSA) is 37.4 Å². The van der Waals surface area contributed by atoms with Crippen LogP contribution in [0.15, 0.2) is 46.9 Å². The molecule has 2 aromatic rings. The minimum Gasteiger partial charge on any atom is -0.307 e. The number of hydrogen-bond donors (Lipinski definition) is 0. The van der Waals surface area contributed by atoms with Crippen LogP contribution in [0.4, 0.5) is 5.69 Å². The number of fused-ring (bicyclic) bond motifs is 1. The van der Waals surface area contributed by atoms with Gasteiger partial charge in [-0.05, 0) is 36.2 Å². The standard InChI is InChI=1S/C18H16BrNO2/c1-12-6-7-13(10-15(12)19)11-20-16-5-3-2-4-14(16)17(21)8-9-18(20)22/h2-7,10H,8-9,11H2,1H3. The molecule has 1 amide bonds. The van der Waals surface area contributed by atoms with E-state index in [1.165, 1.54) is 0 Å². The molecular formula is C18H16BrNO2. The number of nitrogens with zero attached hydrogens (tertiary/aromatic N) is 1. The van der Waals surface area contributed by atoms with Crippen molar-refractivity contribution in [3.05, 3.63) is 63.6 Å². The lowest BCUT2D eigenvalue weighted by atomic mass is 10.1. The van der Waals surface area contributed by atoms with Crippen LogP contribution < -0.4 is 4.90 Å². The van der Waals surface area contributed by atoms with Gasteiger partial charge in [0.05, 0.1) is 12.2 Å². The number of aryl methyl sites for hydroxylation is 1. The summed E-state index contributed by atoms with van der Waals surface area (Å²) in [5.41, 5.74) is 3.54. The Bertz CT molecular complexity index is 755. The quantitative estimate of drug-likeness (QED) is 0.804. The molecule has 0 saturated carbocycles. The van der Waals surface area contributed by atoms with Crippen molar-refractivity contribution in [2.24, 2.45) is 0 Å². The Balaban J connectivity index is 2.00. The summed E-state index contributed by atoms with van der Waals surface area (Å²) in [6.45, 7) is 2.50. The first-order valence-corrected chi connectivity index (χ1v) is 8.03. The molecule has 0 fully saturated rings. The second kappa shape index (κ2) is 6.05. The van der Waals surface area contributed by atoms with E-state index in [9.17, 15) is 9.59 Å². The van der Waals surface area contributed by atoms with Gasteiger partial charge in [-0.2, -0.15) is 0 Å². The number of para-hydroxylation sites is 1. The Morgan fingerprint density at radius 3 is 2.64 bits per heavy atom. The van der Waals surface area contributed by atoms with E-state index in [1.807, 2.05) is 43.3 Å². The normalized spacial score (nSPS) is 14.7. The van der Waals surface area contributed by atoms with Gasteiger partial charge in [0.1, 0.15) is 0 Å². The molecule has 0 saturated heterocycles. The van der Waals surface area contributed by atoms with Crippen molar-refractivity contribution < 1.29 is 9.59 Å². The number of carbonyl (C=O) groups is 2. The first-order valence-electron chi connectivity index (χ1n) is 7.24. The van der Waals surface area contributed by atoms with Crippen LogP contribution in [-0.4, -0.2) is 11.7 Å². The third-order valence-corrected chi connectivity index (χ3v) is 4.79. The molecule has 0 radical (unpaired) electrons. The van der Waals surface area contributed by atoms with Crippen LogP contribution in [0.3, 0.4) is 0 Å². The van der Waals surface area contributed by atoms with Crippen LogP contribution >= 0.6 is 15.9 Å². The number of Topliss-reactive ketones (excluding diaryl/α,β-unsaturated/α-hetero) is 1. The minimum atomic E-state index is -0.00463. The Morgan fingerprint density at radius 1 is 1.09 bits per heavy atom. The molecule has 3 rings (SSSR count). The van der Waals surface area contributed by atoms with E-state index in [0.717, 1.165) is 15.6 Å². The highest BCUT2D eigenvalue weighted by Crippen LogP contribution is 2.29. The molecule has 4 heteroatoms. The third-order valence-electron chi connectivity index (χ3n) is 3.94. The van der Waals surface area contributed by atoms with Crippen molar-refractivity contribution in [2.75, 3.05) is 4.90 Å². The number of ketones is 1. The molecule has 1 aliphatic heterocycles. The average molecular weight is 358 g/mol. The fraction of sp³-hybridized carbons (Fsp3) is 0.222. The number of benzene rings is 2. The molecule has 0 aliphatic carbocycles. The molecule has 112 valence electrons. The summed E-state index contributed by atoms with van der Waals surface area (Å²) >= 11 is 3.53. The predicted molar refractivity (Wildman–Crippen MR) is 90.1 cm³/mol. The summed E-state index contributed by atoms with van der Waals surface area (Å²) in [6.07, 6.45) is 0.546. The van der Waals surface area contributed by atoms with Gasteiger partial charge in [-0.3, -0.25) is 9.59 Å². The van der Waals surface area contributed by atoms with Gasteiger partial charge < -0.3 is 4.90 Å². The number of carbonyl (C=O) groups excluding carboxylic acids is 2. The monoisotopic (exact) mass is 357 g/mol. The van der Waals surface area contributed by atoms with E-state index in [4.69, 9.17) is 0 Å². The summed E-state index contributed by atoms with van der Waals surface area (Å²) in [5, 5.41) is 0. The Labute approximate surface area is 138 Å². The first kappa shape index (κ1) is 15.0. The maximum atomic E-state index is 12.4. The lowest BCUT2D eigenvalue weighted by molar-refractivity contribution is -0.118. The molecule has 3 nitrogen and oxygen atoms in total. The van der Waals surface area contributed by atoms with Crippen LogP contribution in [0.2, 0.25) is 0 Å². The number of hydrogen-bond acceptors (Lipinski definition) is 2.